The zero-order valence-electron chi connectivity index (χ0n) is 8.98. The van der Waals surface area contributed by atoms with Gasteiger partial charge in [0.15, 0.2) is 0 Å². The van der Waals surface area contributed by atoms with Crippen molar-refractivity contribution < 1.29 is 10.2 Å². The van der Waals surface area contributed by atoms with E-state index in [1.165, 1.54) is 12.0 Å². The van der Waals surface area contributed by atoms with E-state index in [0.29, 0.717) is 5.92 Å². The highest BCUT2D eigenvalue weighted by Crippen LogP contribution is 2.16. The van der Waals surface area contributed by atoms with Crippen LogP contribution >= 0.6 is 0 Å². The Morgan fingerprint density at radius 1 is 1.07 bits per heavy atom. The normalized spacial score (nSPS) is 11.4. The molecule has 0 radical (unpaired) electrons. The summed E-state index contributed by atoms with van der Waals surface area (Å²) in [4.78, 5) is 0. The molecule has 0 aromatic heterocycles. The fourth-order valence-electron chi connectivity index (χ4n) is 1.02. The second-order valence-electron chi connectivity index (χ2n) is 3.17. The maximum atomic E-state index is 7.62. The molecule has 0 fully saturated rings. The van der Waals surface area contributed by atoms with Gasteiger partial charge in [0, 0.05) is 0 Å². The van der Waals surface area contributed by atoms with Gasteiger partial charge in [0.2, 0.25) is 0 Å². The first kappa shape index (κ1) is 13.1. The zero-order chi connectivity index (χ0) is 10.8. The summed E-state index contributed by atoms with van der Waals surface area (Å²) in [5, 5.41) is 15.2. The second-order valence-corrected chi connectivity index (χ2v) is 3.17. The van der Waals surface area contributed by atoms with E-state index < -0.39 is 0 Å². The van der Waals surface area contributed by atoms with Crippen molar-refractivity contribution in [2.24, 2.45) is 0 Å². The molecule has 14 heavy (non-hydrogen) atoms. The minimum absolute atomic E-state index is 0.125. The molecular weight excluding hydrogens is 176 g/mol. The van der Waals surface area contributed by atoms with Gasteiger partial charge in [-0.3, -0.25) is 0 Å². The zero-order valence-corrected chi connectivity index (χ0v) is 8.98. The molecule has 0 aliphatic carbocycles. The molecule has 2 N–H and O–H groups in total. The molecule has 1 aromatic rings. The van der Waals surface area contributed by atoms with Gasteiger partial charge in [-0.25, -0.2) is 0 Å². The SMILES string of the molecule is CCC(C)c1ccccc1.OCCO. The van der Waals surface area contributed by atoms with Crippen LogP contribution in [0.3, 0.4) is 0 Å². The lowest BCUT2D eigenvalue weighted by Crippen LogP contribution is -1.88. The monoisotopic (exact) mass is 196 g/mol. The Morgan fingerprint density at radius 2 is 1.57 bits per heavy atom. The van der Waals surface area contributed by atoms with Crippen LogP contribution in [0.4, 0.5) is 0 Å². The molecule has 0 aliphatic heterocycles. The second kappa shape index (κ2) is 8.73. The van der Waals surface area contributed by atoms with Crippen molar-refractivity contribution in [2.75, 3.05) is 13.2 Å². The van der Waals surface area contributed by atoms with Gasteiger partial charge in [0.25, 0.3) is 0 Å². The first-order valence-electron chi connectivity index (χ1n) is 5.02. The number of rotatable bonds is 3. The van der Waals surface area contributed by atoms with Gasteiger partial charge >= 0.3 is 0 Å². The lowest BCUT2D eigenvalue weighted by molar-refractivity contribution is 0.186. The van der Waals surface area contributed by atoms with Gasteiger partial charge in [-0.15, -0.1) is 0 Å². The molecule has 2 nitrogen and oxygen atoms in total. The molecule has 0 aliphatic rings. The summed E-state index contributed by atoms with van der Waals surface area (Å²) in [6.45, 7) is 4.23. The summed E-state index contributed by atoms with van der Waals surface area (Å²) < 4.78 is 0. The van der Waals surface area contributed by atoms with E-state index in [1.54, 1.807) is 0 Å². The molecule has 1 unspecified atom stereocenters. The fraction of sp³-hybridized carbons (Fsp3) is 0.500. The maximum Gasteiger partial charge on any atom is 0.0662 e. The molecule has 0 heterocycles. The number of hydrogen-bond acceptors (Lipinski definition) is 2. The van der Waals surface area contributed by atoms with Crippen LogP contribution in [0.1, 0.15) is 31.7 Å². The molecule has 0 bridgehead atoms. The Bertz CT molecular complexity index is 207. The summed E-state index contributed by atoms with van der Waals surface area (Å²) in [5.41, 5.74) is 1.45. The highest BCUT2D eigenvalue weighted by Gasteiger charge is 1.98. The Morgan fingerprint density at radius 3 is 1.93 bits per heavy atom. The van der Waals surface area contributed by atoms with Crippen LogP contribution in [0.2, 0.25) is 0 Å². The molecule has 0 saturated heterocycles. The van der Waals surface area contributed by atoms with E-state index in [1.807, 2.05) is 0 Å². The van der Waals surface area contributed by atoms with Crippen molar-refractivity contribution >= 4 is 0 Å². The Hall–Kier alpha value is -0.860. The molecule has 0 saturated carbocycles. The van der Waals surface area contributed by atoms with E-state index in [9.17, 15) is 0 Å². The van der Waals surface area contributed by atoms with Crippen molar-refractivity contribution in [3.05, 3.63) is 35.9 Å². The summed E-state index contributed by atoms with van der Waals surface area (Å²) >= 11 is 0. The molecule has 1 atom stereocenters. The number of aliphatic hydroxyl groups excluding tert-OH is 2. The van der Waals surface area contributed by atoms with Gasteiger partial charge in [0.1, 0.15) is 0 Å². The van der Waals surface area contributed by atoms with Crippen molar-refractivity contribution in [2.45, 2.75) is 26.2 Å². The predicted octanol–water partition coefficient (Wildman–Crippen LogP) is 2.17. The third-order valence-corrected chi connectivity index (χ3v) is 2.08. The lowest BCUT2D eigenvalue weighted by atomic mass is 9.99. The van der Waals surface area contributed by atoms with Crippen LogP contribution in [0.15, 0.2) is 30.3 Å². The predicted molar refractivity (Wildman–Crippen MR) is 59.3 cm³/mol. The van der Waals surface area contributed by atoms with E-state index in [4.69, 9.17) is 10.2 Å². The summed E-state index contributed by atoms with van der Waals surface area (Å²) in [7, 11) is 0. The van der Waals surface area contributed by atoms with Crippen LogP contribution in [0.5, 0.6) is 0 Å². The quantitative estimate of drug-likeness (QED) is 0.777. The van der Waals surface area contributed by atoms with Crippen LogP contribution < -0.4 is 0 Å². The van der Waals surface area contributed by atoms with E-state index >= 15 is 0 Å². The highest BCUT2D eigenvalue weighted by molar-refractivity contribution is 5.18. The van der Waals surface area contributed by atoms with Crippen molar-refractivity contribution in [3.8, 4) is 0 Å². The Balaban J connectivity index is 0.000000364. The molecule has 0 spiro atoms. The van der Waals surface area contributed by atoms with Crippen LogP contribution in [0.25, 0.3) is 0 Å². The van der Waals surface area contributed by atoms with Gasteiger partial charge < -0.3 is 10.2 Å². The third kappa shape index (κ3) is 5.73. The largest absolute Gasteiger partial charge is 0.394 e. The molecular formula is C12H20O2. The average molecular weight is 196 g/mol. The fourth-order valence-corrected chi connectivity index (χ4v) is 1.02. The molecule has 80 valence electrons. The van der Waals surface area contributed by atoms with Gasteiger partial charge in [-0.05, 0) is 17.9 Å². The average Bonchev–Trinajstić information content (AvgIpc) is 2.29. The number of aliphatic hydroxyl groups is 2. The van der Waals surface area contributed by atoms with E-state index in [-0.39, 0.29) is 13.2 Å². The van der Waals surface area contributed by atoms with Gasteiger partial charge in [-0.1, -0.05) is 44.2 Å². The van der Waals surface area contributed by atoms with Gasteiger partial charge in [0.05, 0.1) is 13.2 Å². The molecule has 1 rings (SSSR count). The summed E-state index contributed by atoms with van der Waals surface area (Å²) in [6.07, 6.45) is 1.23. The first-order valence-corrected chi connectivity index (χ1v) is 5.02. The van der Waals surface area contributed by atoms with E-state index in [0.717, 1.165) is 0 Å². The van der Waals surface area contributed by atoms with Crippen molar-refractivity contribution in [1.82, 2.24) is 0 Å². The van der Waals surface area contributed by atoms with Crippen LogP contribution in [-0.2, 0) is 0 Å². The smallest absolute Gasteiger partial charge is 0.0662 e. The highest BCUT2D eigenvalue weighted by atomic mass is 16.3. The van der Waals surface area contributed by atoms with Crippen LogP contribution in [-0.4, -0.2) is 23.4 Å². The lowest BCUT2D eigenvalue weighted by Gasteiger charge is -2.06. The maximum absolute atomic E-state index is 7.62. The molecule has 2 heteroatoms. The van der Waals surface area contributed by atoms with Crippen molar-refractivity contribution in [1.29, 1.82) is 0 Å². The summed E-state index contributed by atoms with van der Waals surface area (Å²) in [6, 6.07) is 10.6. The topological polar surface area (TPSA) is 40.5 Å². The number of hydrogen-bond donors (Lipinski definition) is 2. The molecule has 1 aromatic carbocycles. The summed E-state index contributed by atoms with van der Waals surface area (Å²) in [5.74, 6) is 0.709. The minimum atomic E-state index is -0.125. The first-order chi connectivity index (χ1) is 6.76. The van der Waals surface area contributed by atoms with Crippen molar-refractivity contribution in [3.63, 3.8) is 0 Å². The third-order valence-electron chi connectivity index (χ3n) is 2.08. The van der Waals surface area contributed by atoms with Crippen LogP contribution in [0, 0.1) is 0 Å². The molecule has 0 amide bonds. The van der Waals surface area contributed by atoms with E-state index in [2.05, 4.69) is 44.2 Å². The Labute approximate surface area is 86.2 Å². The Kier molecular flexibility index (Phi) is 8.19. The van der Waals surface area contributed by atoms with Gasteiger partial charge in [-0.2, -0.15) is 0 Å². The minimum Gasteiger partial charge on any atom is -0.394 e. The number of benzene rings is 1. The standard InChI is InChI=1S/C10H14.C2H6O2/c1-3-9(2)10-7-5-4-6-8-10;3-1-2-4/h4-9H,3H2,1-2H3;3-4H,1-2H2.